The van der Waals surface area contributed by atoms with E-state index in [2.05, 4.69) is 20.3 Å². The van der Waals surface area contributed by atoms with Crippen LogP contribution in [0.1, 0.15) is 23.4 Å². The van der Waals surface area contributed by atoms with E-state index in [0.717, 1.165) is 16.1 Å². The van der Waals surface area contributed by atoms with E-state index in [4.69, 9.17) is 10.5 Å². The minimum atomic E-state index is -0.309. The van der Waals surface area contributed by atoms with E-state index in [9.17, 15) is 4.79 Å². The normalized spacial score (nSPS) is 10.6. The molecule has 1 heterocycles. The largest absolute Gasteiger partial charge is 0.457 e. The molecule has 3 rings (SSSR count). The maximum atomic E-state index is 12.0. The Morgan fingerprint density at radius 1 is 1.00 bits per heavy atom. The number of rotatable bonds is 8. The number of anilines is 3. The van der Waals surface area contributed by atoms with E-state index in [1.54, 1.807) is 11.8 Å². The molecular formula is C21H23N5O2S. The molecule has 2 aromatic carbocycles. The summed E-state index contributed by atoms with van der Waals surface area (Å²) in [6.07, 6.45) is 0.299. The molecule has 1 aromatic heterocycles. The number of carbonyl (C=O) groups is 1. The van der Waals surface area contributed by atoms with Crippen molar-refractivity contribution in [1.82, 2.24) is 15.0 Å². The van der Waals surface area contributed by atoms with Gasteiger partial charge in [-0.25, -0.2) is 0 Å². The molecule has 150 valence electrons. The van der Waals surface area contributed by atoms with Crippen LogP contribution in [0.4, 0.5) is 17.6 Å². The van der Waals surface area contributed by atoms with Gasteiger partial charge in [-0.2, -0.15) is 15.0 Å². The maximum Gasteiger partial charge on any atom is 0.307 e. The van der Waals surface area contributed by atoms with Crippen molar-refractivity contribution in [2.45, 2.75) is 31.8 Å². The number of nitrogens with two attached hydrogens (primary N) is 1. The summed E-state index contributed by atoms with van der Waals surface area (Å²) in [6.45, 7) is 4.00. The molecule has 0 aliphatic carbocycles. The lowest BCUT2D eigenvalue weighted by Crippen LogP contribution is -2.11. The number of ether oxygens (including phenoxy) is 1. The number of thioether (sulfide) groups is 1. The predicted octanol–water partition coefficient (Wildman–Crippen LogP) is 4.04. The fourth-order valence-electron chi connectivity index (χ4n) is 2.43. The Labute approximate surface area is 174 Å². The van der Waals surface area contributed by atoms with Crippen LogP contribution in [0.3, 0.4) is 0 Å². The first-order valence-corrected chi connectivity index (χ1v) is 10.2. The molecule has 29 heavy (non-hydrogen) atoms. The number of nitrogen functional groups attached to an aromatic ring is 1. The number of benzene rings is 2. The Kier molecular flexibility index (Phi) is 7.02. The number of nitrogens with one attached hydrogen (secondary N) is 1. The van der Waals surface area contributed by atoms with Gasteiger partial charge in [0.2, 0.25) is 11.9 Å². The first-order valence-electron chi connectivity index (χ1n) is 9.17. The fourth-order valence-corrected chi connectivity index (χ4v) is 3.26. The van der Waals surface area contributed by atoms with Crippen molar-refractivity contribution in [1.29, 1.82) is 0 Å². The summed E-state index contributed by atoms with van der Waals surface area (Å²) in [5.41, 5.74) is 8.95. The number of aryl methyl sites for hydroxylation is 2. The van der Waals surface area contributed by atoms with Crippen molar-refractivity contribution in [3.8, 4) is 0 Å². The van der Waals surface area contributed by atoms with Crippen LogP contribution in [0.5, 0.6) is 0 Å². The second-order valence-corrected chi connectivity index (χ2v) is 7.66. The molecule has 0 fully saturated rings. The second kappa shape index (κ2) is 9.88. The third-order valence-electron chi connectivity index (χ3n) is 3.96. The lowest BCUT2D eigenvalue weighted by Gasteiger charge is -2.08. The topological polar surface area (TPSA) is 103 Å². The molecule has 0 saturated carbocycles. The zero-order chi connectivity index (χ0) is 20.6. The minimum absolute atomic E-state index is 0.0523. The number of nitrogens with zero attached hydrogens (tertiary/aromatic N) is 3. The Bertz CT molecular complexity index is 962. The van der Waals surface area contributed by atoms with E-state index in [1.165, 1.54) is 5.56 Å². The SMILES string of the molecule is Cc1ccc(Nc2nc(N)nc(COC(=O)CCSc3ccc(C)cc3)n2)cc1. The van der Waals surface area contributed by atoms with Gasteiger partial charge in [0, 0.05) is 16.3 Å². The lowest BCUT2D eigenvalue weighted by atomic mass is 10.2. The highest BCUT2D eigenvalue weighted by Crippen LogP contribution is 2.19. The zero-order valence-electron chi connectivity index (χ0n) is 16.4. The average molecular weight is 410 g/mol. The molecule has 0 bridgehead atoms. The second-order valence-electron chi connectivity index (χ2n) is 6.50. The smallest absolute Gasteiger partial charge is 0.307 e. The molecule has 0 spiro atoms. The monoisotopic (exact) mass is 409 g/mol. The Morgan fingerprint density at radius 3 is 2.34 bits per heavy atom. The van der Waals surface area contributed by atoms with Crippen molar-refractivity contribution in [3.63, 3.8) is 0 Å². The highest BCUT2D eigenvalue weighted by molar-refractivity contribution is 7.99. The van der Waals surface area contributed by atoms with Gasteiger partial charge in [0.25, 0.3) is 0 Å². The first kappa shape index (κ1) is 20.6. The molecule has 0 atom stereocenters. The van der Waals surface area contributed by atoms with Gasteiger partial charge in [0.05, 0.1) is 6.42 Å². The van der Waals surface area contributed by atoms with Crippen molar-refractivity contribution in [3.05, 3.63) is 65.5 Å². The van der Waals surface area contributed by atoms with Crippen LogP contribution in [0, 0.1) is 13.8 Å². The molecule has 3 N–H and O–H groups in total. The summed E-state index contributed by atoms with van der Waals surface area (Å²) in [6, 6.07) is 16.0. The summed E-state index contributed by atoms with van der Waals surface area (Å²) < 4.78 is 5.27. The number of aromatic nitrogens is 3. The Morgan fingerprint density at radius 2 is 1.66 bits per heavy atom. The van der Waals surface area contributed by atoms with Gasteiger partial charge in [-0.05, 0) is 38.1 Å². The van der Waals surface area contributed by atoms with Crippen LogP contribution in [0.2, 0.25) is 0 Å². The van der Waals surface area contributed by atoms with Gasteiger partial charge < -0.3 is 15.8 Å². The minimum Gasteiger partial charge on any atom is -0.457 e. The molecule has 0 radical (unpaired) electrons. The molecule has 7 nitrogen and oxygen atoms in total. The standard InChI is InChI=1S/C21H23N5O2S/c1-14-3-7-16(8-4-14)23-21-25-18(24-20(22)26-21)13-28-19(27)11-12-29-17-9-5-15(2)6-10-17/h3-10H,11-13H2,1-2H3,(H3,22,23,24,25,26). The number of carbonyl (C=O) groups excluding carboxylic acids is 1. The zero-order valence-corrected chi connectivity index (χ0v) is 17.2. The van der Waals surface area contributed by atoms with Crippen LogP contribution >= 0.6 is 11.8 Å². The van der Waals surface area contributed by atoms with Gasteiger partial charge in [-0.1, -0.05) is 35.4 Å². The maximum absolute atomic E-state index is 12.0. The summed E-state index contributed by atoms with van der Waals surface area (Å²) in [5, 5.41) is 3.07. The van der Waals surface area contributed by atoms with Gasteiger partial charge in [-0.3, -0.25) is 4.79 Å². The van der Waals surface area contributed by atoms with Crippen LogP contribution in [0.15, 0.2) is 53.4 Å². The van der Waals surface area contributed by atoms with Gasteiger partial charge in [0.15, 0.2) is 12.4 Å². The number of hydrogen-bond donors (Lipinski definition) is 2. The van der Waals surface area contributed by atoms with E-state index in [1.807, 2.05) is 62.4 Å². The van der Waals surface area contributed by atoms with Crippen LogP contribution in [0.25, 0.3) is 0 Å². The Balaban J connectivity index is 1.49. The van der Waals surface area contributed by atoms with Crippen molar-refractivity contribution in [2.24, 2.45) is 0 Å². The molecular weight excluding hydrogens is 386 g/mol. The molecule has 0 saturated heterocycles. The molecule has 0 amide bonds. The van der Waals surface area contributed by atoms with Crippen LogP contribution in [-0.2, 0) is 16.1 Å². The van der Waals surface area contributed by atoms with E-state index >= 15 is 0 Å². The third-order valence-corrected chi connectivity index (χ3v) is 4.98. The lowest BCUT2D eigenvalue weighted by molar-refractivity contribution is -0.144. The van der Waals surface area contributed by atoms with E-state index < -0.39 is 0 Å². The number of esters is 1. The Hall–Kier alpha value is -3.13. The molecule has 8 heteroatoms. The van der Waals surface area contributed by atoms with E-state index in [-0.39, 0.29) is 18.5 Å². The summed E-state index contributed by atoms with van der Waals surface area (Å²) in [5.74, 6) is 1.00. The summed E-state index contributed by atoms with van der Waals surface area (Å²) in [7, 11) is 0. The molecule has 3 aromatic rings. The molecule has 0 aliphatic heterocycles. The summed E-state index contributed by atoms with van der Waals surface area (Å²) >= 11 is 1.61. The van der Waals surface area contributed by atoms with Crippen molar-refractivity contribution in [2.75, 3.05) is 16.8 Å². The first-order chi connectivity index (χ1) is 14.0. The van der Waals surface area contributed by atoms with Crippen LogP contribution in [-0.4, -0.2) is 26.7 Å². The van der Waals surface area contributed by atoms with Crippen LogP contribution < -0.4 is 11.1 Å². The quantitative estimate of drug-likeness (QED) is 0.424. The summed E-state index contributed by atoms with van der Waals surface area (Å²) in [4.78, 5) is 25.5. The highest BCUT2D eigenvalue weighted by Gasteiger charge is 2.09. The molecule has 0 aliphatic rings. The van der Waals surface area contributed by atoms with Crippen molar-refractivity contribution < 1.29 is 9.53 Å². The van der Waals surface area contributed by atoms with Gasteiger partial charge >= 0.3 is 5.97 Å². The number of hydrogen-bond acceptors (Lipinski definition) is 8. The third kappa shape index (κ3) is 6.76. The fraction of sp³-hybridized carbons (Fsp3) is 0.238. The van der Waals surface area contributed by atoms with Gasteiger partial charge in [-0.15, -0.1) is 11.8 Å². The van der Waals surface area contributed by atoms with E-state index in [0.29, 0.717) is 23.9 Å². The molecule has 0 unspecified atom stereocenters. The van der Waals surface area contributed by atoms with Crippen molar-refractivity contribution >= 4 is 35.3 Å². The van der Waals surface area contributed by atoms with Gasteiger partial charge in [0.1, 0.15) is 0 Å². The predicted molar refractivity (Wildman–Crippen MR) is 115 cm³/mol. The average Bonchev–Trinajstić information content (AvgIpc) is 2.69. The highest BCUT2D eigenvalue weighted by atomic mass is 32.2.